The van der Waals surface area contributed by atoms with Crippen molar-refractivity contribution >= 4 is 49.9 Å². The standard InChI is InChI=1S/C17H11Cl2N5O3S2/c18-10-1-3-15(12(7-10)14-5-6-21-23-14)27-16-4-2-11(8-13(16)19)29(25,26)24-17-20-9-22-28-17/h1-9H,(H,21,23)(H,20,22,24). The Hall–Kier alpha value is -2.66. The zero-order valence-electron chi connectivity index (χ0n) is 14.3. The van der Waals surface area contributed by atoms with Gasteiger partial charge in [-0.05, 0) is 42.5 Å². The molecule has 2 aromatic heterocycles. The summed E-state index contributed by atoms with van der Waals surface area (Å²) >= 11 is 13.3. The maximum absolute atomic E-state index is 12.5. The van der Waals surface area contributed by atoms with E-state index in [1.807, 2.05) is 0 Å². The number of rotatable bonds is 6. The molecule has 0 saturated carbocycles. The number of benzene rings is 2. The van der Waals surface area contributed by atoms with Crippen LogP contribution in [-0.4, -0.2) is 28.0 Å². The van der Waals surface area contributed by atoms with E-state index in [0.29, 0.717) is 22.0 Å². The van der Waals surface area contributed by atoms with E-state index in [1.165, 1.54) is 24.5 Å². The van der Waals surface area contributed by atoms with Gasteiger partial charge in [0.05, 0.1) is 15.6 Å². The van der Waals surface area contributed by atoms with Crippen molar-refractivity contribution in [3.05, 3.63) is 65.0 Å². The third kappa shape index (κ3) is 4.35. The van der Waals surface area contributed by atoms with Gasteiger partial charge >= 0.3 is 0 Å². The number of hydrogen-bond acceptors (Lipinski definition) is 7. The number of anilines is 1. The molecule has 12 heteroatoms. The molecule has 0 radical (unpaired) electrons. The lowest BCUT2D eigenvalue weighted by Gasteiger charge is -2.13. The van der Waals surface area contributed by atoms with Gasteiger partial charge in [0.1, 0.15) is 17.8 Å². The Morgan fingerprint density at radius 3 is 2.59 bits per heavy atom. The number of aromatic amines is 1. The Bertz CT molecular complexity index is 1250. The van der Waals surface area contributed by atoms with Crippen LogP contribution in [0.15, 0.2) is 59.9 Å². The van der Waals surface area contributed by atoms with E-state index in [-0.39, 0.29) is 20.8 Å². The Kier molecular flexibility index (Phi) is 5.41. The number of hydrogen-bond donors (Lipinski definition) is 2. The van der Waals surface area contributed by atoms with E-state index in [4.69, 9.17) is 27.9 Å². The molecule has 148 valence electrons. The largest absolute Gasteiger partial charge is 0.455 e. The van der Waals surface area contributed by atoms with Crippen LogP contribution < -0.4 is 9.46 Å². The maximum atomic E-state index is 12.5. The minimum atomic E-state index is -3.86. The maximum Gasteiger partial charge on any atom is 0.263 e. The first kappa shape index (κ1) is 19.6. The SMILES string of the molecule is O=S(=O)(Nc1ncns1)c1ccc(Oc2ccc(Cl)cc2-c2ccn[nH]2)c(Cl)c1. The fraction of sp³-hybridized carbons (Fsp3) is 0. The first-order valence-electron chi connectivity index (χ1n) is 7.98. The second kappa shape index (κ2) is 7.99. The van der Waals surface area contributed by atoms with Crippen LogP contribution in [0.1, 0.15) is 0 Å². The lowest BCUT2D eigenvalue weighted by Crippen LogP contribution is -2.12. The van der Waals surface area contributed by atoms with Crippen molar-refractivity contribution in [2.24, 2.45) is 0 Å². The number of halogens is 2. The van der Waals surface area contributed by atoms with Crippen LogP contribution in [0, 0.1) is 0 Å². The predicted molar refractivity (Wildman–Crippen MR) is 111 cm³/mol. The first-order chi connectivity index (χ1) is 13.9. The van der Waals surface area contributed by atoms with E-state index >= 15 is 0 Å². The summed E-state index contributed by atoms with van der Waals surface area (Å²) in [6, 6.07) is 11.0. The Morgan fingerprint density at radius 1 is 1.07 bits per heavy atom. The molecular weight excluding hydrogens is 457 g/mol. The number of H-pyrrole nitrogens is 1. The van der Waals surface area contributed by atoms with Crippen LogP contribution in [0.5, 0.6) is 11.5 Å². The van der Waals surface area contributed by atoms with Gasteiger partial charge in [0.15, 0.2) is 0 Å². The molecule has 29 heavy (non-hydrogen) atoms. The summed E-state index contributed by atoms with van der Waals surface area (Å²) in [6.45, 7) is 0. The molecule has 4 aromatic rings. The van der Waals surface area contributed by atoms with Gasteiger partial charge in [-0.1, -0.05) is 23.2 Å². The molecule has 0 aliphatic heterocycles. The zero-order chi connectivity index (χ0) is 20.4. The minimum absolute atomic E-state index is 0.0325. The summed E-state index contributed by atoms with van der Waals surface area (Å²) in [4.78, 5) is 3.77. The number of nitrogens with one attached hydrogen (secondary N) is 2. The summed E-state index contributed by atoms with van der Waals surface area (Å²) in [5.41, 5.74) is 1.39. The average Bonchev–Trinajstić information content (AvgIpc) is 3.38. The third-order valence-corrected chi connectivity index (χ3v) is 6.33. The topological polar surface area (TPSA) is 110 Å². The fourth-order valence-electron chi connectivity index (χ4n) is 2.45. The van der Waals surface area contributed by atoms with Gasteiger partial charge in [-0.15, -0.1) is 0 Å². The van der Waals surface area contributed by atoms with Crippen LogP contribution in [0.4, 0.5) is 5.13 Å². The summed E-state index contributed by atoms with van der Waals surface area (Å²) in [6.07, 6.45) is 2.87. The van der Waals surface area contributed by atoms with Crippen LogP contribution in [0.3, 0.4) is 0 Å². The Balaban J connectivity index is 1.63. The summed E-state index contributed by atoms with van der Waals surface area (Å²) in [5.74, 6) is 0.757. The highest BCUT2D eigenvalue weighted by molar-refractivity contribution is 7.93. The quantitative estimate of drug-likeness (QED) is 0.420. The van der Waals surface area contributed by atoms with Crippen molar-refractivity contribution in [2.45, 2.75) is 4.90 Å². The summed E-state index contributed by atoms with van der Waals surface area (Å²) < 4.78 is 37.0. The van der Waals surface area contributed by atoms with Crippen LogP contribution in [0.2, 0.25) is 10.0 Å². The van der Waals surface area contributed by atoms with Gasteiger partial charge in [-0.3, -0.25) is 9.82 Å². The highest BCUT2D eigenvalue weighted by atomic mass is 35.5. The molecule has 0 aliphatic rings. The Labute approximate surface area is 179 Å². The van der Waals surface area contributed by atoms with E-state index in [2.05, 4.69) is 24.3 Å². The highest BCUT2D eigenvalue weighted by Crippen LogP contribution is 2.37. The van der Waals surface area contributed by atoms with Gasteiger partial charge in [-0.2, -0.15) is 9.47 Å². The van der Waals surface area contributed by atoms with E-state index < -0.39 is 10.0 Å². The highest BCUT2D eigenvalue weighted by Gasteiger charge is 2.19. The van der Waals surface area contributed by atoms with E-state index in [1.54, 1.807) is 30.5 Å². The van der Waals surface area contributed by atoms with Crippen molar-refractivity contribution < 1.29 is 13.2 Å². The first-order valence-corrected chi connectivity index (χ1v) is 11.0. The molecule has 0 atom stereocenters. The van der Waals surface area contributed by atoms with Crippen LogP contribution >= 0.6 is 34.7 Å². The molecule has 0 unspecified atom stereocenters. The van der Waals surface area contributed by atoms with Gasteiger partial charge in [0, 0.05) is 28.3 Å². The second-order valence-electron chi connectivity index (χ2n) is 5.66. The Morgan fingerprint density at radius 2 is 1.90 bits per heavy atom. The van der Waals surface area contributed by atoms with Gasteiger partial charge in [-0.25, -0.2) is 13.4 Å². The van der Waals surface area contributed by atoms with Crippen molar-refractivity contribution in [1.29, 1.82) is 0 Å². The molecule has 4 rings (SSSR count). The molecule has 2 N–H and O–H groups in total. The van der Waals surface area contributed by atoms with E-state index in [0.717, 1.165) is 11.5 Å². The molecule has 0 bridgehead atoms. The molecule has 0 spiro atoms. The molecule has 2 heterocycles. The fourth-order valence-corrected chi connectivity index (χ4v) is 4.59. The van der Waals surface area contributed by atoms with Crippen molar-refractivity contribution in [3.63, 3.8) is 0 Å². The molecular formula is C17H11Cl2N5O3S2. The predicted octanol–water partition coefficient (Wildman–Crippen LogP) is 4.83. The monoisotopic (exact) mass is 467 g/mol. The number of sulfonamides is 1. The molecule has 0 amide bonds. The average molecular weight is 468 g/mol. The summed E-state index contributed by atoms with van der Waals surface area (Å²) in [7, 11) is -3.86. The molecule has 2 aromatic carbocycles. The molecule has 8 nitrogen and oxygen atoms in total. The smallest absolute Gasteiger partial charge is 0.263 e. The molecule has 0 fully saturated rings. The molecule has 0 aliphatic carbocycles. The lowest BCUT2D eigenvalue weighted by atomic mass is 10.1. The van der Waals surface area contributed by atoms with Crippen LogP contribution in [0.25, 0.3) is 11.3 Å². The number of aromatic nitrogens is 4. The van der Waals surface area contributed by atoms with Gasteiger partial charge in [0.2, 0.25) is 5.13 Å². The normalized spacial score (nSPS) is 11.4. The van der Waals surface area contributed by atoms with Crippen molar-refractivity contribution in [2.75, 3.05) is 4.72 Å². The minimum Gasteiger partial charge on any atom is -0.455 e. The number of nitrogens with zero attached hydrogens (tertiary/aromatic N) is 3. The van der Waals surface area contributed by atoms with Crippen molar-refractivity contribution in [1.82, 2.24) is 19.6 Å². The second-order valence-corrected chi connectivity index (χ2v) is 8.96. The van der Waals surface area contributed by atoms with Gasteiger partial charge in [0.25, 0.3) is 10.0 Å². The third-order valence-electron chi connectivity index (χ3n) is 3.75. The van der Waals surface area contributed by atoms with Crippen molar-refractivity contribution in [3.8, 4) is 22.8 Å². The van der Waals surface area contributed by atoms with E-state index in [9.17, 15) is 8.42 Å². The summed E-state index contributed by atoms with van der Waals surface area (Å²) in [5, 5.41) is 7.59. The lowest BCUT2D eigenvalue weighted by molar-refractivity contribution is 0.484. The van der Waals surface area contributed by atoms with Gasteiger partial charge < -0.3 is 4.74 Å². The number of ether oxygens (including phenoxy) is 1. The molecule has 0 saturated heterocycles. The zero-order valence-corrected chi connectivity index (χ0v) is 17.5. The van der Waals surface area contributed by atoms with Crippen LogP contribution in [-0.2, 0) is 10.0 Å².